The molecule has 1 aliphatic heterocycles. The fourth-order valence-corrected chi connectivity index (χ4v) is 6.36. The van der Waals surface area contributed by atoms with E-state index in [0.29, 0.717) is 13.1 Å². The second kappa shape index (κ2) is 17.1. The molecule has 1 atom stereocenters. The molecule has 3 amide bonds. The molecular weight excluding hydrogens is 626 g/mol. The predicted octanol–water partition coefficient (Wildman–Crippen LogP) is 5.31. The number of hydrogen-bond acceptors (Lipinski definition) is 6. The fraction of sp³-hybridized carbons (Fsp3) is 0.341. The zero-order chi connectivity index (χ0) is 35.4. The van der Waals surface area contributed by atoms with E-state index in [2.05, 4.69) is 50.0 Å². The molecule has 9 nitrogen and oxygen atoms in total. The first-order chi connectivity index (χ1) is 24.1. The molecular formula is C41H49N5O4. The summed E-state index contributed by atoms with van der Waals surface area (Å²) in [5, 5.41) is 8.93. The van der Waals surface area contributed by atoms with Crippen LogP contribution in [0.3, 0.4) is 0 Å². The molecule has 0 bridgehead atoms. The molecule has 3 N–H and O–H groups in total. The molecule has 262 valence electrons. The highest BCUT2D eigenvalue weighted by Crippen LogP contribution is 2.37. The topological polar surface area (TPSA) is 103 Å². The number of rotatable bonds is 13. The van der Waals surface area contributed by atoms with Crippen molar-refractivity contribution >= 4 is 17.9 Å². The van der Waals surface area contributed by atoms with Crippen LogP contribution in [0.25, 0.3) is 0 Å². The molecule has 1 aliphatic rings. The number of alkyl carbamates (subject to hydrolysis) is 1. The Bertz CT molecular complexity index is 1560. The molecule has 50 heavy (non-hydrogen) atoms. The Labute approximate surface area is 296 Å². The SMILES string of the molecule is CC(C)(C)OC(=O)N[C@H](CC(=O)NC(c1ccccc1)(c1ccccc1)c1ccccc1)C(=O)NCCN1CCN(Cc2ccccc2)CC1. The van der Waals surface area contributed by atoms with Gasteiger partial charge in [-0.25, -0.2) is 4.79 Å². The first-order valence-corrected chi connectivity index (χ1v) is 17.4. The molecule has 1 fully saturated rings. The number of ether oxygens (including phenoxy) is 1. The van der Waals surface area contributed by atoms with Crippen LogP contribution in [0.2, 0.25) is 0 Å². The largest absolute Gasteiger partial charge is 0.444 e. The van der Waals surface area contributed by atoms with Gasteiger partial charge in [0.25, 0.3) is 0 Å². The quantitative estimate of drug-likeness (QED) is 0.166. The van der Waals surface area contributed by atoms with Crippen LogP contribution in [-0.4, -0.2) is 78.6 Å². The summed E-state index contributed by atoms with van der Waals surface area (Å²) in [6.07, 6.45) is -1.06. The summed E-state index contributed by atoms with van der Waals surface area (Å²) in [6.45, 7) is 10.9. The lowest BCUT2D eigenvalue weighted by Crippen LogP contribution is -2.54. The van der Waals surface area contributed by atoms with Crippen LogP contribution in [0.1, 0.15) is 49.4 Å². The van der Waals surface area contributed by atoms with Gasteiger partial charge in [-0.3, -0.25) is 19.4 Å². The first kappa shape index (κ1) is 36.3. The third-order valence-corrected chi connectivity index (χ3v) is 8.79. The molecule has 1 saturated heterocycles. The van der Waals surface area contributed by atoms with E-state index in [-0.39, 0.29) is 6.42 Å². The van der Waals surface area contributed by atoms with E-state index in [0.717, 1.165) is 49.4 Å². The fourth-order valence-electron chi connectivity index (χ4n) is 6.36. The van der Waals surface area contributed by atoms with E-state index in [1.165, 1.54) is 5.56 Å². The van der Waals surface area contributed by atoms with Gasteiger partial charge in [0, 0.05) is 45.8 Å². The maximum absolute atomic E-state index is 14.1. The number of piperazine rings is 1. The average molecular weight is 676 g/mol. The average Bonchev–Trinajstić information content (AvgIpc) is 3.12. The maximum Gasteiger partial charge on any atom is 0.408 e. The Morgan fingerprint density at radius 2 is 1.14 bits per heavy atom. The summed E-state index contributed by atoms with van der Waals surface area (Å²) in [5.41, 5.74) is 2.03. The normalized spacial score (nSPS) is 14.7. The zero-order valence-electron chi connectivity index (χ0n) is 29.3. The van der Waals surface area contributed by atoms with Crippen LogP contribution >= 0.6 is 0 Å². The number of nitrogens with zero attached hydrogens (tertiary/aromatic N) is 2. The molecule has 0 aliphatic carbocycles. The monoisotopic (exact) mass is 675 g/mol. The van der Waals surface area contributed by atoms with Crippen molar-refractivity contribution in [1.29, 1.82) is 0 Å². The number of benzene rings is 4. The van der Waals surface area contributed by atoms with E-state index in [1.807, 2.05) is 97.1 Å². The van der Waals surface area contributed by atoms with Gasteiger partial charge in [-0.05, 0) is 43.0 Å². The molecule has 1 heterocycles. The van der Waals surface area contributed by atoms with Gasteiger partial charge in [-0.15, -0.1) is 0 Å². The van der Waals surface area contributed by atoms with Crippen LogP contribution in [-0.2, 0) is 26.4 Å². The molecule has 4 aromatic rings. The van der Waals surface area contributed by atoms with Crippen LogP contribution in [0.15, 0.2) is 121 Å². The van der Waals surface area contributed by atoms with Crippen molar-refractivity contribution in [3.63, 3.8) is 0 Å². The Hall–Kier alpha value is -4.99. The Morgan fingerprint density at radius 1 is 0.680 bits per heavy atom. The second-order valence-electron chi connectivity index (χ2n) is 13.7. The van der Waals surface area contributed by atoms with Gasteiger partial charge >= 0.3 is 6.09 Å². The van der Waals surface area contributed by atoms with Crippen molar-refractivity contribution < 1.29 is 19.1 Å². The molecule has 0 spiro atoms. The lowest BCUT2D eigenvalue weighted by Gasteiger charge is -2.37. The minimum atomic E-state index is -1.16. The number of nitrogens with one attached hydrogen (secondary N) is 3. The molecule has 0 unspecified atom stereocenters. The van der Waals surface area contributed by atoms with Crippen molar-refractivity contribution in [3.8, 4) is 0 Å². The standard InChI is InChI=1S/C41H49N5O4/c1-40(2,3)50-39(49)43-36(38(48)42-24-25-45-26-28-46(29-27-45)31-32-16-8-4-9-17-32)30-37(47)44-41(33-18-10-5-11-19-33,34-20-12-6-13-21-34)35-22-14-7-15-23-35/h4-23,36H,24-31H2,1-3H3,(H,42,48)(H,43,49)(H,44,47)/t36-/m1/s1. The first-order valence-electron chi connectivity index (χ1n) is 17.4. The van der Waals surface area contributed by atoms with E-state index in [4.69, 9.17) is 4.74 Å². The Morgan fingerprint density at radius 3 is 1.62 bits per heavy atom. The molecule has 0 aromatic heterocycles. The summed E-state index contributed by atoms with van der Waals surface area (Å²) in [4.78, 5) is 45.5. The highest BCUT2D eigenvalue weighted by molar-refractivity contribution is 5.91. The van der Waals surface area contributed by atoms with E-state index in [1.54, 1.807) is 20.8 Å². The molecule has 0 saturated carbocycles. The summed E-state index contributed by atoms with van der Waals surface area (Å²) in [5.74, 6) is -0.856. The Balaban J connectivity index is 1.28. The van der Waals surface area contributed by atoms with E-state index in [9.17, 15) is 14.4 Å². The third kappa shape index (κ3) is 10.0. The summed E-state index contributed by atoms with van der Waals surface area (Å²) in [7, 11) is 0. The van der Waals surface area contributed by atoms with Crippen LogP contribution < -0.4 is 16.0 Å². The van der Waals surface area contributed by atoms with Crippen molar-refractivity contribution in [2.45, 2.75) is 50.9 Å². The van der Waals surface area contributed by atoms with Crippen molar-refractivity contribution in [2.24, 2.45) is 0 Å². The van der Waals surface area contributed by atoms with Crippen LogP contribution in [0.5, 0.6) is 0 Å². The van der Waals surface area contributed by atoms with Gasteiger partial charge in [0.15, 0.2) is 0 Å². The molecule has 0 radical (unpaired) electrons. The summed E-state index contributed by atoms with van der Waals surface area (Å²) in [6, 6.07) is 38.6. The van der Waals surface area contributed by atoms with E-state index >= 15 is 0 Å². The van der Waals surface area contributed by atoms with Gasteiger partial charge in [0.1, 0.15) is 17.2 Å². The number of amides is 3. The lowest BCUT2D eigenvalue weighted by molar-refractivity contribution is -0.129. The molecule has 4 aromatic carbocycles. The maximum atomic E-state index is 14.1. The highest BCUT2D eigenvalue weighted by atomic mass is 16.6. The second-order valence-corrected chi connectivity index (χ2v) is 13.7. The summed E-state index contributed by atoms with van der Waals surface area (Å²) < 4.78 is 5.49. The minimum Gasteiger partial charge on any atom is -0.444 e. The number of carbonyl (C=O) groups is 3. The van der Waals surface area contributed by atoms with Gasteiger partial charge in [-0.1, -0.05) is 121 Å². The molecule has 5 rings (SSSR count). The van der Waals surface area contributed by atoms with Gasteiger partial charge in [0.2, 0.25) is 11.8 Å². The van der Waals surface area contributed by atoms with Crippen molar-refractivity contribution in [2.75, 3.05) is 39.3 Å². The van der Waals surface area contributed by atoms with Crippen molar-refractivity contribution in [3.05, 3.63) is 144 Å². The van der Waals surface area contributed by atoms with E-state index < -0.39 is 35.1 Å². The Kier molecular flexibility index (Phi) is 12.4. The lowest BCUT2D eigenvalue weighted by atomic mass is 9.77. The molecule has 9 heteroatoms. The summed E-state index contributed by atoms with van der Waals surface area (Å²) >= 11 is 0. The van der Waals surface area contributed by atoms with Gasteiger partial charge in [0.05, 0.1) is 6.42 Å². The third-order valence-electron chi connectivity index (χ3n) is 8.79. The number of carbonyl (C=O) groups excluding carboxylic acids is 3. The zero-order valence-corrected chi connectivity index (χ0v) is 29.3. The van der Waals surface area contributed by atoms with Gasteiger partial charge < -0.3 is 20.7 Å². The predicted molar refractivity (Wildman–Crippen MR) is 196 cm³/mol. The number of hydrogen-bond donors (Lipinski definition) is 3. The van der Waals surface area contributed by atoms with Crippen LogP contribution in [0.4, 0.5) is 4.79 Å². The van der Waals surface area contributed by atoms with Crippen molar-refractivity contribution in [1.82, 2.24) is 25.8 Å². The van der Waals surface area contributed by atoms with Crippen LogP contribution in [0, 0.1) is 0 Å². The van der Waals surface area contributed by atoms with Gasteiger partial charge in [-0.2, -0.15) is 0 Å². The highest BCUT2D eigenvalue weighted by Gasteiger charge is 2.39. The smallest absolute Gasteiger partial charge is 0.408 e. The minimum absolute atomic E-state index is 0.294.